The van der Waals surface area contributed by atoms with Crippen molar-refractivity contribution < 1.29 is 14.2 Å². The van der Waals surface area contributed by atoms with Crippen LogP contribution < -0.4 is 19.6 Å². The molecule has 0 spiro atoms. The maximum Gasteiger partial charge on any atom is 0.203 e. The van der Waals surface area contributed by atoms with E-state index in [2.05, 4.69) is 15.5 Å². The molecule has 0 aliphatic heterocycles. The third kappa shape index (κ3) is 4.80. The fourth-order valence-electron chi connectivity index (χ4n) is 2.55. The second-order valence-corrected chi connectivity index (χ2v) is 6.74. The van der Waals surface area contributed by atoms with Gasteiger partial charge in [0, 0.05) is 16.5 Å². The van der Waals surface area contributed by atoms with Gasteiger partial charge in [-0.3, -0.25) is 5.43 Å². The normalized spacial score (nSPS) is 10.8. The summed E-state index contributed by atoms with van der Waals surface area (Å²) in [7, 11) is 3.21. The number of aromatic nitrogens is 1. The predicted octanol–water partition coefficient (Wildman–Crippen LogP) is 5.06. The van der Waals surface area contributed by atoms with Crippen molar-refractivity contribution in [2.45, 2.75) is 13.3 Å². The number of nitrogens with zero attached hydrogens (tertiary/aromatic N) is 2. The van der Waals surface area contributed by atoms with Crippen molar-refractivity contribution in [2.75, 3.05) is 26.3 Å². The minimum absolute atomic E-state index is 0.593. The van der Waals surface area contributed by atoms with E-state index in [1.807, 2.05) is 54.8 Å². The zero-order chi connectivity index (χ0) is 19.8. The van der Waals surface area contributed by atoms with Crippen LogP contribution in [0.4, 0.5) is 5.13 Å². The Morgan fingerprint density at radius 2 is 1.82 bits per heavy atom. The summed E-state index contributed by atoms with van der Waals surface area (Å²) >= 11 is 1.50. The minimum Gasteiger partial charge on any atom is -0.493 e. The number of methoxy groups -OCH3 is 2. The molecule has 0 unspecified atom stereocenters. The second kappa shape index (κ2) is 9.75. The Morgan fingerprint density at radius 3 is 2.46 bits per heavy atom. The minimum atomic E-state index is 0.593. The number of hydrogen-bond acceptors (Lipinski definition) is 7. The van der Waals surface area contributed by atoms with Crippen LogP contribution in [0.2, 0.25) is 0 Å². The molecule has 0 amide bonds. The summed E-state index contributed by atoms with van der Waals surface area (Å²) in [5, 5.41) is 7.00. The first-order valence-corrected chi connectivity index (χ1v) is 9.82. The SMILES string of the molecule is CCCOc1c(OC)cc(/C=N\Nc2nc(-c3ccccc3)cs2)cc1OC. The quantitative estimate of drug-likeness (QED) is 0.404. The molecule has 0 saturated carbocycles. The largest absolute Gasteiger partial charge is 0.493 e. The predicted molar refractivity (Wildman–Crippen MR) is 114 cm³/mol. The molecule has 1 aromatic heterocycles. The Balaban J connectivity index is 1.73. The lowest BCUT2D eigenvalue weighted by molar-refractivity contribution is 0.275. The van der Waals surface area contributed by atoms with Crippen LogP contribution in [-0.4, -0.2) is 32.0 Å². The van der Waals surface area contributed by atoms with Gasteiger partial charge < -0.3 is 14.2 Å². The second-order valence-electron chi connectivity index (χ2n) is 5.88. The molecule has 28 heavy (non-hydrogen) atoms. The number of ether oxygens (including phenoxy) is 3. The van der Waals surface area contributed by atoms with Gasteiger partial charge in [0.2, 0.25) is 10.9 Å². The van der Waals surface area contributed by atoms with Crippen molar-refractivity contribution in [2.24, 2.45) is 5.10 Å². The monoisotopic (exact) mass is 397 g/mol. The summed E-state index contributed by atoms with van der Waals surface area (Å²) in [5.74, 6) is 1.81. The van der Waals surface area contributed by atoms with Crippen molar-refractivity contribution in [1.29, 1.82) is 0 Å². The van der Waals surface area contributed by atoms with E-state index in [9.17, 15) is 0 Å². The average Bonchev–Trinajstić information content (AvgIpc) is 3.21. The molecule has 0 aliphatic rings. The van der Waals surface area contributed by atoms with Crippen molar-refractivity contribution in [3.63, 3.8) is 0 Å². The standard InChI is InChI=1S/C21H23N3O3S/c1-4-10-27-20-18(25-2)11-15(12-19(20)26-3)13-22-24-21-23-17(14-28-21)16-8-6-5-7-9-16/h5-9,11-14H,4,10H2,1-3H3,(H,23,24)/b22-13-. The van der Waals surface area contributed by atoms with Gasteiger partial charge >= 0.3 is 0 Å². The molecule has 7 heteroatoms. The molecule has 1 N–H and O–H groups in total. The summed E-state index contributed by atoms with van der Waals surface area (Å²) in [6, 6.07) is 13.8. The summed E-state index contributed by atoms with van der Waals surface area (Å²) in [5.41, 5.74) is 5.79. The molecule has 0 bridgehead atoms. The highest BCUT2D eigenvalue weighted by Crippen LogP contribution is 2.38. The maximum atomic E-state index is 5.75. The van der Waals surface area contributed by atoms with Crippen LogP contribution in [0, 0.1) is 0 Å². The van der Waals surface area contributed by atoms with E-state index >= 15 is 0 Å². The van der Waals surface area contributed by atoms with E-state index in [0.717, 1.165) is 28.4 Å². The van der Waals surface area contributed by atoms with Crippen LogP contribution in [-0.2, 0) is 0 Å². The Kier molecular flexibility index (Phi) is 6.86. The van der Waals surface area contributed by atoms with Crippen LogP contribution >= 0.6 is 11.3 Å². The highest BCUT2D eigenvalue weighted by Gasteiger charge is 2.13. The number of rotatable bonds is 9. The van der Waals surface area contributed by atoms with E-state index in [0.29, 0.717) is 23.9 Å². The number of thiazole rings is 1. The molecular weight excluding hydrogens is 374 g/mol. The van der Waals surface area contributed by atoms with Crippen LogP contribution in [0.15, 0.2) is 52.9 Å². The molecular formula is C21H23N3O3S. The lowest BCUT2D eigenvalue weighted by atomic mass is 10.2. The Bertz CT molecular complexity index is 901. The fraction of sp³-hybridized carbons (Fsp3) is 0.238. The summed E-state index contributed by atoms with van der Waals surface area (Å²) in [6.07, 6.45) is 2.59. The summed E-state index contributed by atoms with van der Waals surface area (Å²) in [6.45, 7) is 2.64. The summed E-state index contributed by atoms with van der Waals surface area (Å²) < 4.78 is 16.6. The van der Waals surface area contributed by atoms with Crippen LogP contribution in [0.1, 0.15) is 18.9 Å². The first kappa shape index (κ1) is 19.7. The Morgan fingerprint density at radius 1 is 1.11 bits per heavy atom. The zero-order valence-corrected chi connectivity index (χ0v) is 17.0. The lowest BCUT2D eigenvalue weighted by Crippen LogP contribution is -2.01. The van der Waals surface area contributed by atoms with Gasteiger partial charge in [-0.2, -0.15) is 5.10 Å². The van der Waals surface area contributed by atoms with E-state index < -0.39 is 0 Å². The lowest BCUT2D eigenvalue weighted by Gasteiger charge is -2.14. The molecule has 146 valence electrons. The van der Waals surface area contributed by atoms with Crippen molar-refractivity contribution in [3.8, 4) is 28.5 Å². The van der Waals surface area contributed by atoms with Gasteiger partial charge in [-0.1, -0.05) is 37.3 Å². The molecule has 0 radical (unpaired) electrons. The number of hydrazone groups is 1. The van der Waals surface area contributed by atoms with Gasteiger partial charge in [0.25, 0.3) is 0 Å². The van der Waals surface area contributed by atoms with E-state index in [4.69, 9.17) is 14.2 Å². The van der Waals surface area contributed by atoms with Gasteiger partial charge in [-0.15, -0.1) is 11.3 Å². The molecule has 2 aromatic carbocycles. The number of anilines is 1. The topological polar surface area (TPSA) is 65.0 Å². The molecule has 0 aliphatic carbocycles. The molecule has 3 aromatic rings. The van der Waals surface area contributed by atoms with Gasteiger partial charge in [0.05, 0.1) is 32.7 Å². The van der Waals surface area contributed by atoms with Crippen LogP contribution in [0.3, 0.4) is 0 Å². The third-order valence-corrected chi connectivity index (χ3v) is 4.63. The van der Waals surface area contributed by atoms with Gasteiger partial charge in [-0.25, -0.2) is 4.98 Å². The van der Waals surface area contributed by atoms with Crippen LogP contribution in [0.5, 0.6) is 17.2 Å². The molecule has 6 nitrogen and oxygen atoms in total. The molecule has 3 rings (SSSR count). The Labute approximate surface area is 168 Å². The number of benzene rings is 2. The average molecular weight is 398 g/mol. The first-order valence-electron chi connectivity index (χ1n) is 8.94. The van der Waals surface area contributed by atoms with Gasteiger partial charge in [0.15, 0.2) is 11.5 Å². The first-order chi connectivity index (χ1) is 13.7. The highest BCUT2D eigenvalue weighted by molar-refractivity contribution is 7.14. The van der Waals surface area contributed by atoms with Crippen molar-refractivity contribution >= 4 is 22.7 Å². The van der Waals surface area contributed by atoms with E-state index in [-0.39, 0.29) is 0 Å². The highest BCUT2D eigenvalue weighted by atomic mass is 32.1. The number of nitrogens with one attached hydrogen (secondary N) is 1. The smallest absolute Gasteiger partial charge is 0.203 e. The zero-order valence-electron chi connectivity index (χ0n) is 16.1. The van der Waals surface area contributed by atoms with Gasteiger partial charge in [0.1, 0.15) is 0 Å². The van der Waals surface area contributed by atoms with Crippen molar-refractivity contribution in [3.05, 3.63) is 53.4 Å². The molecule has 0 fully saturated rings. The Hall–Kier alpha value is -3.06. The fourth-order valence-corrected chi connectivity index (χ4v) is 3.22. The van der Waals surface area contributed by atoms with E-state index in [1.54, 1.807) is 20.4 Å². The van der Waals surface area contributed by atoms with Gasteiger partial charge in [-0.05, 0) is 18.6 Å². The number of hydrogen-bond donors (Lipinski definition) is 1. The molecule has 1 heterocycles. The van der Waals surface area contributed by atoms with Crippen LogP contribution in [0.25, 0.3) is 11.3 Å². The summed E-state index contributed by atoms with van der Waals surface area (Å²) in [4.78, 5) is 4.55. The molecule has 0 saturated heterocycles. The molecule has 0 atom stereocenters. The van der Waals surface area contributed by atoms with E-state index in [1.165, 1.54) is 11.3 Å². The van der Waals surface area contributed by atoms with Crippen molar-refractivity contribution in [1.82, 2.24) is 4.98 Å². The maximum absolute atomic E-state index is 5.75. The third-order valence-electron chi connectivity index (χ3n) is 3.88.